The SMILES string of the molecule is COc1ccc(-c2noc(Cc3nnc(-c4cc(OC)cc(OC)c4)o3)n2)cc1. The molecule has 9 nitrogen and oxygen atoms in total. The van der Waals surface area contributed by atoms with Gasteiger partial charge in [0.2, 0.25) is 23.5 Å². The van der Waals surface area contributed by atoms with E-state index in [2.05, 4.69) is 20.3 Å². The second-order valence-electron chi connectivity index (χ2n) is 6.02. The van der Waals surface area contributed by atoms with E-state index in [4.69, 9.17) is 23.2 Å². The fourth-order valence-electron chi connectivity index (χ4n) is 2.69. The predicted octanol–water partition coefficient (Wildman–Crippen LogP) is 3.40. The molecular weight excluding hydrogens is 376 g/mol. The molecule has 0 saturated heterocycles. The first-order chi connectivity index (χ1) is 14.2. The second kappa shape index (κ2) is 8.01. The highest BCUT2D eigenvalue weighted by Gasteiger charge is 2.16. The molecule has 148 valence electrons. The fourth-order valence-corrected chi connectivity index (χ4v) is 2.69. The zero-order valence-electron chi connectivity index (χ0n) is 16.1. The Morgan fingerprint density at radius 1 is 0.759 bits per heavy atom. The van der Waals surface area contributed by atoms with Crippen molar-refractivity contribution in [2.24, 2.45) is 0 Å². The van der Waals surface area contributed by atoms with Gasteiger partial charge < -0.3 is 23.2 Å². The lowest BCUT2D eigenvalue weighted by atomic mass is 10.2. The topological polar surface area (TPSA) is 106 Å². The Labute approximate surface area is 166 Å². The minimum absolute atomic E-state index is 0.220. The Bertz CT molecular complexity index is 1080. The minimum Gasteiger partial charge on any atom is -0.497 e. The van der Waals surface area contributed by atoms with Crippen molar-refractivity contribution >= 4 is 0 Å². The average Bonchev–Trinajstić information content (AvgIpc) is 3.43. The first-order valence-corrected chi connectivity index (χ1v) is 8.71. The van der Waals surface area contributed by atoms with E-state index in [0.717, 1.165) is 11.3 Å². The third-order valence-electron chi connectivity index (χ3n) is 4.18. The highest BCUT2D eigenvalue weighted by atomic mass is 16.5. The first kappa shape index (κ1) is 18.5. The molecule has 2 aromatic carbocycles. The molecule has 0 atom stereocenters. The highest BCUT2D eigenvalue weighted by Crippen LogP contribution is 2.29. The van der Waals surface area contributed by atoms with Crippen LogP contribution < -0.4 is 14.2 Å². The zero-order valence-corrected chi connectivity index (χ0v) is 16.1. The van der Waals surface area contributed by atoms with Crippen molar-refractivity contribution in [1.29, 1.82) is 0 Å². The van der Waals surface area contributed by atoms with Crippen molar-refractivity contribution in [1.82, 2.24) is 20.3 Å². The molecule has 0 aliphatic heterocycles. The van der Waals surface area contributed by atoms with E-state index >= 15 is 0 Å². The van der Waals surface area contributed by atoms with Crippen LogP contribution in [-0.2, 0) is 6.42 Å². The molecule has 2 aromatic heterocycles. The lowest BCUT2D eigenvalue weighted by Gasteiger charge is -2.05. The van der Waals surface area contributed by atoms with Gasteiger partial charge in [-0.25, -0.2) is 0 Å². The molecule has 9 heteroatoms. The van der Waals surface area contributed by atoms with Crippen LogP contribution in [0.15, 0.2) is 51.4 Å². The smallest absolute Gasteiger partial charge is 0.248 e. The zero-order chi connectivity index (χ0) is 20.2. The number of ether oxygens (including phenoxy) is 3. The van der Waals surface area contributed by atoms with E-state index in [1.54, 1.807) is 39.5 Å². The maximum Gasteiger partial charge on any atom is 0.248 e. The molecule has 0 unspecified atom stereocenters. The Morgan fingerprint density at radius 2 is 1.45 bits per heavy atom. The quantitative estimate of drug-likeness (QED) is 0.466. The van der Waals surface area contributed by atoms with Crippen LogP contribution >= 0.6 is 0 Å². The van der Waals surface area contributed by atoms with Crippen LogP contribution in [0.5, 0.6) is 17.2 Å². The first-order valence-electron chi connectivity index (χ1n) is 8.71. The van der Waals surface area contributed by atoms with Gasteiger partial charge in [-0.15, -0.1) is 10.2 Å². The number of methoxy groups -OCH3 is 3. The van der Waals surface area contributed by atoms with Gasteiger partial charge in [-0.3, -0.25) is 0 Å². The third kappa shape index (κ3) is 4.03. The van der Waals surface area contributed by atoms with Crippen LogP contribution in [0, 0.1) is 0 Å². The average molecular weight is 394 g/mol. The number of hydrogen-bond donors (Lipinski definition) is 0. The summed E-state index contributed by atoms with van der Waals surface area (Å²) in [5.74, 6) is 3.54. The monoisotopic (exact) mass is 394 g/mol. The molecule has 0 saturated carbocycles. The van der Waals surface area contributed by atoms with E-state index in [1.807, 2.05) is 24.3 Å². The van der Waals surface area contributed by atoms with E-state index in [-0.39, 0.29) is 6.42 Å². The Balaban J connectivity index is 1.52. The summed E-state index contributed by atoms with van der Waals surface area (Å²) in [6.45, 7) is 0. The van der Waals surface area contributed by atoms with Crippen molar-refractivity contribution in [3.8, 4) is 40.1 Å². The van der Waals surface area contributed by atoms with Crippen molar-refractivity contribution < 1.29 is 23.2 Å². The second-order valence-corrected chi connectivity index (χ2v) is 6.02. The molecule has 0 fully saturated rings. The number of hydrogen-bond acceptors (Lipinski definition) is 9. The summed E-state index contributed by atoms with van der Waals surface area (Å²) in [5, 5.41) is 12.1. The molecule has 4 aromatic rings. The molecule has 0 bridgehead atoms. The predicted molar refractivity (Wildman–Crippen MR) is 102 cm³/mol. The van der Waals surface area contributed by atoms with Crippen LogP contribution in [-0.4, -0.2) is 41.7 Å². The van der Waals surface area contributed by atoms with E-state index in [1.165, 1.54) is 0 Å². The van der Waals surface area contributed by atoms with E-state index < -0.39 is 0 Å². The van der Waals surface area contributed by atoms with Crippen molar-refractivity contribution in [3.63, 3.8) is 0 Å². The van der Waals surface area contributed by atoms with Gasteiger partial charge in [-0.1, -0.05) is 5.16 Å². The normalized spacial score (nSPS) is 10.7. The van der Waals surface area contributed by atoms with Gasteiger partial charge in [-0.2, -0.15) is 4.98 Å². The highest BCUT2D eigenvalue weighted by molar-refractivity contribution is 5.59. The molecule has 29 heavy (non-hydrogen) atoms. The van der Waals surface area contributed by atoms with Crippen LogP contribution in [0.2, 0.25) is 0 Å². The molecule has 2 heterocycles. The molecule has 0 radical (unpaired) electrons. The fraction of sp³-hybridized carbons (Fsp3) is 0.200. The molecule has 4 rings (SSSR count). The number of benzene rings is 2. The molecule has 0 N–H and O–H groups in total. The molecule has 0 aliphatic carbocycles. The van der Waals surface area contributed by atoms with Crippen LogP contribution in [0.4, 0.5) is 0 Å². The summed E-state index contributed by atoms with van der Waals surface area (Å²) < 4.78 is 26.7. The van der Waals surface area contributed by atoms with Crippen LogP contribution in [0.25, 0.3) is 22.8 Å². The van der Waals surface area contributed by atoms with Gasteiger partial charge in [-0.05, 0) is 36.4 Å². The largest absolute Gasteiger partial charge is 0.497 e. The minimum atomic E-state index is 0.220. The lowest BCUT2D eigenvalue weighted by molar-refractivity contribution is 0.373. The van der Waals surface area contributed by atoms with E-state index in [9.17, 15) is 0 Å². The Hall–Kier alpha value is -3.88. The maximum atomic E-state index is 5.74. The number of rotatable bonds is 7. The molecule has 0 aliphatic rings. The summed E-state index contributed by atoms with van der Waals surface area (Å²) in [5.41, 5.74) is 1.50. The van der Waals surface area contributed by atoms with Gasteiger partial charge in [0.15, 0.2) is 0 Å². The van der Waals surface area contributed by atoms with Gasteiger partial charge in [0.1, 0.15) is 23.7 Å². The van der Waals surface area contributed by atoms with Gasteiger partial charge in [0.25, 0.3) is 0 Å². The third-order valence-corrected chi connectivity index (χ3v) is 4.18. The van der Waals surface area contributed by atoms with Crippen molar-refractivity contribution in [2.45, 2.75) is 6.42 Å². The summed E-state index contributed by atoms with van der Waals surface area (Å²) in [7, 11) is 4.77. The summed E-state index contributed by atoms with van der Waals surface area (Å²) in [6, 6.07) is 12.7. The molecule has 0 amide bonds. The lowest BCUT2D eigenvalue weighted by Crippen LogP contribution is -1.89. The van der Waals surface area contributed by atoms with Gasteiger partial charge >= 0.3 is 0 Å². The number of aromatic nitrogens is 4. The number of nitrogens with zero attached hydrogens (tertiary/aromatic N) is 4. The summed E-state index contributed by atoms with van der Waals surface area (Å²) >= 11 is 0. The van der Waals surface area contributed by atoms with Crippen molar-refractivity contribution in [3.05, 3.63) is 54.2 Å². The van der Waals surface area contributed by atoms with Gasteiger partial charge in [0, 0.05) is 17.2 Å². The van der Waals surface area contributed by atoms with Crippen LogP contribution in [0.3, 0.4) is 0 Å². The maximum absolute atomic E-state index is 5.74. The van der Waals surface area contributed by atoms with Gasteiger partial charge in [0.05, 0.1) is 21.3 Å². The Morgan fingerprint density at radius 3 is 2.10 bits per heavy atom. The molecular formula is C20H18N4O5. The summed E-state index contributed by atoms with van der Waals surface area (Å²) in [4.78, 5) is 4.38. The standard InChI is InChI=1S/C20H18N4O5/c1-25-14-6-4-12(5-7-14)19-21-17(29-24-19)11-18-22-23-20(28-18)13-8-15(26-2)10-16(9-13)27-3/h4-10H,11H2,1-3H3. The molecule has 0 spiro atoms. The van der Waals surface area contributed by atoms with Crippen molar-refractivity contribution in [2.75, 3.05) is 21.3 Å². The summed E-state index contributed by atoms with van der Waals surface area (Å²) in [6.07, 6.45) is 0.220. The Kier molecular flexibility index (Phi) is 5.10. The van der Waals surface area contributed by atoms with Crippen LogP contribution in [0.1, 0.15) is 11.8 Å². The van der Waals surface area contributed by atoms with E-state index in [0.29, 0.717) is 40.6 Å².